The number of carbonyl (C=O) groups is 3. The van der Waals surface area contributed by atoms with Crippen LogP contribution in [0.15, 0.2) is 0 Å². The fourth-order valence-corrected chi connectivity index (χ4v) is 2.07. The van der Waals surface area contributed by atoms with Crippen molar-refractivity contribution in [2.45, 2.75) is 33.1 Å². The summed E-state index contributed by atoms with van der Waals surface area (Å²) in [5.74, 6) is -2.27. The molecule has 0 bridgehead atoms. The first-order valence-electron chi connectivity index (χ1n) is 5.95. The third-order valence-electron chi connectivity index (χ3n) is 2.84. The zero-order chi connectivity index (χ0) is 12.8. The molecule has 1 atom stereocenters. The topological polar surface area (TPSA) is 69.7 Å². The quantitative estimate of drug-likeness (QED) is 0.533. The van der Waals surface area contributed by atoms with E-state index in [1.165, 1.54) is 0 Å². The van der Waals surface area contributed by atoms with Crippen molar-refractivity contribution < 1.29 is 23.9 Å². The van der Waals surface area contributed by atoms with Crippen LogP contribution in [0.2, 0.25) is 0 Å². The van der Waals surface area contributed by atoms with Gasteiger partial charge in [0.2, 0.25) is 0 Å². The van der Waals surface area contributed by atoms with Gasteiger partial charge >= 0.3 is 11.9 Å². The van der Waals surface area contributed by atoms with Gasteiger partial charge in [-0.25, -0.2) is 0 Å². The van der Waals surface area contributed by atoms with Gasteiger partial charge in [-0.05, 0) is 26.2 Å². The van der Waals surface area contributed by atoms with E-state index >= 15 is 0 Å². The maximum absolute atomic E-state index is 11.7. The minimum Gasteiger partial charge on any atom is -0.465 e. The summed E-state index contributed by atoms with van der Waals surface area (Å²) in [5.41, 5.74) is 0. The van der Waals surface area contributed by atoms with Gasteiger partial charge in [0, 0.05) is 12.8 Å². The number of ether oxygens (including phenoxy) is 2. The number of rotatable bonds is 5. The highest BCUT2D eigenvalue weighted by Crippen LogP contribution is 2.31. The molecular formula is C12H18O5. The van der Waals surface area contributed by atoms with Crippen molar-refractivity contribution in [1.29, 1.82) is 0 Å². The first-order valence-corrected chi connectivity index (χ1v) is 5.95. The lowest BCUT2D eigenvalue weighted by Gasteiger charge is -2.19. The molecule has 1 saturated carbocycles. The minimum absolute atomic E-state index is 0.0913. The van der Waals surface area contributed by atoms with Gasteiger partial charge < -0.3 is 9.47 Å². The number of carbonyl (C=O) groups excluding carboxylic acids is 3. The van der Waals surface area contributed by atoms with Crippen LogP contribution < -0.4 is 0 Å². The van der Waals surface area contributed by atoms with E-state index in [0.29, 0.717) is 12.8 Å². The highest BCUT2D eigenvalue weighted by atomic mass is 16.6. The predicted molar refractivity (Wildman–Crippen MR) is 59.1 cm³/mol. The van der Waals surface area contributed by atoms with Crippen molar-refractivity contribution >= 4 is 17.7 Å². The molecule has 0 aliphatic heterocycles. The molecule has 5 heteroatoms. The Balaban J connectivity index is 2.74. The van der Waals surface area contributed by atoms with Crippen LogP contribution in [0.5, 0.6) is 0 Å². The first kappa shape index (κ1) is 13.7. The van der Waals surface area contributed by atoms with Crippen LogP contribution in [0.3, 0.4) is 0 Å². The van der Waals surface area contributed by atoms with E-state index in [1.54, 1.807) is 13.8 Å². The lowest BCUT2D eigenvalue weighted by Crippen LogP contribution is -2.33. The van der Waals surface area contributed by atoms with Gasteiger partial charge in [-0.2, -0.15) is 0 Å². The molecule has 0 N–H and O–H groups in total. The van der Waals surface area contributed by atoms with Gasteiger partial charge in [0.25, 0.3) is 0 Å². The van der Waals surface area contributed by atoms with Gasteiger partial charge in [-0.3, -0.25) is 14.4 Å². The van der Waals surface area contributed by atoms with Crippen LogP contribution >= 0.6 is 0 Å². The molecule has 1 aliphatic carbocycles. The van der Waals surface area contributed by atoms with Crippen LogP contribution in [0, 0.1) is 11.8 Å². The highest BCUT2D eigenvalue weighted by Gasteiger charge is 2.40. The van der Waals surface area contributed by atoms with Crippen molar-refractivity contribution in [3.63, 3.8) is 0 Å². The summed E-state index contributed by atoms with van der Waals surface area (Å²) in [5, 5.41) is 0. The summed E-state index contributed by atoms with van der Waals surface area (Å²) < 4.78 is 9.74. The molecule has 0 aromatic carbocycles. The summed E-state index contributed by atoms with van der Waals surface area (Å²) in [6.07, 6.45) is 1.25. The van der Waals surface area contributed by atoms with E-state index in [0.717, 1.165) is 0 Å². The standard InChI is InChI=1S/C12H18O5/c1-3-16-11(14)10(12(15)17-4-2)8-5-6-9(13)7-8/h8,10H,3-7H2,1-2H3. The summed E-state index contributed by atoms with van der Waals surface area (Å²) in [6, 6.07) is 0. The normalized spacial score (nSPS) is 19.5. The molecule has 0 amide bonds. The van der Waals surface area contributed by atoms with E-state index in [4.69, 9.17) is 9.47 Å². The molecule has 5 nitrogen and oxygen atoms in total. The lowest BCUT2D eigenvalue weighted by molar-refractivity contribution is -0.164. The molecule has 0 saturated heterocycles. The van der Waals surface area contributed by atoms with Crippen LogP contribution in [0.25, 0.3) is 0 Å². The number of ketones is 1. The first-order chi connectivity index (χ1) is 8.10. The van der Waals surface area contributed by atoms with Gasteiger partial charge in [-0.15, -0.1) is 0 Å². The highest BCUT2D eigenvalue weighted by molar-refractivity contribution is 5.96. The largest absolute Gasteiger partial charge is 0.465 e. The third-order valence-corrected chi connectivity index (χ3v) is 2.84. The van der Waals surface area contributed by atoms with E-state index in [9.17, 15) is 14.4 Å². The van der Waals surface area contributed by atoms with Crippen LogP contribution in [0.1, 0.15) is 33.1 Å². The van der Waals surface area contributed by atoms with Crippen molar-refractivity contribution in [2.75, 3.05) is 13.2 Å². The number of hydrogen-bond donors (Lipinski definition) is 0. The molecule has 1 fully saturated rings. The summed E-state index contributed by atoms with van der Waals surface area (Å²) in [4.78, 5) is 34.7. The molecule has 96 valence electrons. The van der Waals surface area contributed by atoms with E-state index in [1.807, 2.05) is 0 Å². The van der Waals surface area contributed by atoms with E-state index in [2.05, 4.69) is 0 Å². The molecular weight excluding hydrogens is 224 g/mol. The Morgan fingerprint density at radius 1 is 1.24 bits per heavy atom. The molecule has 1 unspecified atom stereocenters. The molecule has 0 radical (unpaired) electrons. The second-order valence-corrected chi connectivity index (χ2v) is 4.02. The van der Waals surface area contributed by atoms with Gasteiger partial charge in [0.15, 0.2) is 5.92 Å². The zero-order valence-electron chi connectivity index (χ0n) is 10.2. The molecule has 1 rings (SSSR count). The van der Waals surface area contributed by atoms with Gasteiger partial charge in [-0.1, -0.05) is 0 Å². The smallest absolute Gasteiger partial charge is 0.320 e. The van der Waals surface area contributed by atoms with Crippen molar-refractivity contribution in [1.82, 2.24) is 0 Å². The van der Waals surface area contributed by atoms with Crippen LogP contribution in [0.4, 0.5) is 0 Å². The summed E-state index contributed by atoms with van der Waals surface area (Å²) >= 11 is 0. The van der Waals surface area contributed by atoms with E-state index < -0.39 is 17.9 Å². The van der Waals surface area contributed by atoms with Gasteiger partial charge in [0.05, 0.1) is 13.2 Å². The van der Waals surface area contributed by atoms with Crippen LogP contribution in [-0.2, 0) is 23.9 Å². The van der Waals surface area contributed by atoms with Crippen LogP contribution in [-0.4, -0.2) is 30.9 Å². The minimum atomic E-state index is -0.943. The number of hydrogen-bond acceptors (Lipinski definition) is 5. The zero-order valence-corrected chi connectivity index (χ0v) is 10.2. The monoisotopic (exact) mass is 242 g/mol. The number of Topliss-reactive ketones (excluding diaryl/α,β-unsaturated/α-hetero) is 1. The average molecular weight is 242 g/mol. The average Bonchev–Trinajstić information content (AvgIpc) is 2.66. The van der Waals surface area contributed by atoms with Crippen molar-refractivity contribution in [3.8, 4) is 0 Å². The Morgan fingerprint density at radius 3 is 2.12 bits per heavy atom. The maximum Gasteiger partial charge on any atom is 0.320 e. The SMILES string of the molecule is CCOC(=O)C(C(=O)OCC)C1CCC(=O)C1. The summed E-state index contributed by atoms with van der Waals surface area (Å²) in [6.45, 7) is 3.80. The van der Waals surface area contributed by atoms with E-state index in [-0.39, 0.29) is 31.3 Å². The second-order valence-electron chi connectivity index (χ2n) is 4.02. The molecule has 0 aromatic rings. The summed E-state index contributed by atoms with van der Waals surface area (Å²) in [7, 11) is 0. The second kappa shape index (κ2) is 6.37. The van der Waals surface area contributed by atoms with Gasteiger partial charge in [0.1, 0.15) is 5.78 Å². The molecule has 0 aromatic heterocycles. The Kier molecular flexibility index (Phi) is 5.12. The fourth-order valence-electron chi connectivity index (χ4n) is 2.07. The third kappa shape index (κ3) is 3.54. The fraction of sp³-hybridized carbons (Fsp3) is 0.750. The molecule has 1 aliphatic rings. The molecule has 0 heterocycles. The number of esters is 2. The molecule has 0 spiro atoms. The van der Waals surface area contributed by atoms with Crippen molar-refractivity contribution in [3.05, 3.63) is 0 Å². The Labute approximate surface area is 100 Å². The Morgan fingerprint density at radius 2 is 1.76 bits per heavy atom. The Bertz CT molecular complexity index is 292. The van der Waals surface area contributed by atoms with Crippen molar-refractivity contribution in [2.24, 2.45) is 11.8 Å². The maximum atomic E-state index is 11.7. The lowest BCUT2D eigenvalue weighted by atomic mass is 9.91. The molecule has 17 heavy (non-hydrogen) atoms. The predicted octanol–water partition coefficient (Wildman–Crippen LogP) is 1.10. The Hall–Kier alpha value is -1.39.